The smallest absolute Gasteiger partial charge is 0.396 e. The highest BCUT2D eigenvalue weighted by Crippen LogP contribution is 2.58. The number of nitrogen functional groups attached to an aromatic ring is 1. The first-order chi connectivity index (χ1) is 67.0. The van der Waals surface area contributed by atoms with E-state index in [1.54, 1.807) is 39.9 Å². The number of anilines is 3. The molecule has 0 atom stereocenters. The number of para-hydroxylation sites is 3. The highest BCUT2D eigenvalue weighted by molar-refractivity contribution is 8.08. The Balaban J connectivity index is 0.000000200. The number of carbonyl (C=O) groups excluding carboxylic acids is 3. The van der Waals surface area contributed by atoms with Crippen LogP contribution in [0.3, 0.4) is 0 Å². The quantitative estimate of drug-likeness (QED) is 0.0103. The summed E-state index contributed by atoms with van der Waals surface area (Å²) < 4.78 is 254. The van der Waals surface area contributed by atoms with Crippen LogP contribution >= 0.6 is 64.7 Å². The Morgan fingerprint density at radius 3 is 0.924 bits per heavy atom. The summed E-state index contributed by atoms with van der Waals surface area (Å²) in [5, 5.41) is 22.2. The van der Waals surface area contributed by atoms with Gasteiger partial charge in [-0.2, -0.15) is 54.8 Å². The number of amides is 4. The number of urea groups is 2. The van der Waals surface area contributed by atoms with Gasteiger partial charge in [-0.25, -0.2) is 64.4 Å². The number of carbonyl (C=O) groups is 2. The molecule has 145 heavy (non-hydrogen) atoms. The number of benzene rings is 9. The van der Waals surface area contributed by atoms with E-state index < -0.39 is 130 Å². The lowest BCUT2D eigenvalue weighted by Gasteiger charge is -2.32. The molecule has 0 bridgehead atoms. The second-order valence-corrected chi connectivity index (χ2v) is 46.2. The van der Waals surface area contributed by atoms with Gasteiger partial charge in [-0.05, 0) is 267 Å². The Labute approximate surface area is 846 Å². The number of aryl methyl sites for hydroxylation is 9. The highest BCUT2D eigenvalue weighted by Gasteiger charge is 2.49. The van der Waals surface area contributed by atoms with Crippen molar-refractivity contribution < 1.29 is 104 Å². The molecule has 0 radical (unpaired) electrons. The Morgan fingerprint density at radius 2 is 0.690 bits per heavy atom. The summed E-state index contributed by atoms with van der Waals surface area (Å²) in [5.74, 6) is -12.8. The molecule has 4 amide bonds. The molecule has 3 aromatic heterocycles. The third kappa shape index (κ3) is 25.0. The number of nitrogens with one attached hydrogen (secondary N) is 4. The van der Waals surface area contributed by atoms with Crippen molar-refractivity contribution in [2.45, 2.75) is 224 Å². The van der Waals surface area contributed by atoms with Crippen LogP contribution in [0.4, 0.5) is 92.5 Å². The molecule has 3 aliphatic heterocycles. The van der Waals surface area contributed by atoms with E-state index in [0.717, 1.165) is 140 Å². The van der Waals surface area contributed by atoms with Gasteiger partial charge in [-0.15, -0.1) is 4.76 Å². The van der Waals surface area contributed by atoms with E-state index >= 15 is 22.0 Å². The molecule has 8 N–H and O–H groups in total. The number of aromatic nitrogens is 6. The van der Waals surface area contributed by atoms with Crippen molar-refractivity contribution in [2.75, 3.05) is 16.4 Å². The fourth-order valence-electron chi connectivity index (χ4n) is 18.2. The van der Waals surface area contributed by atoms with Crippen molar-refractivity contribution >= 4 is 99.9 Å². The maximum absolute atomic E-state index is 16.1. The zero-order valence-electron chi connectivity index (χ0n) is 80.3. The largest absolute Gasteiger partial charge is 0.431 e. The molecule has 45 heteroatoms. The number of alkyl halides is 9. The lowest BCUT2D eigenvalue weighted by molar-refractivity contribution is -0.138. The van der Waals surface area contributed by atoms with Crippen molar-refractivity contribution in [3.8, 4) is 50.8 Å². The van der Waals surface area contributed by atoms with E-state index in [4.69, 9.17) is 75.8 Å². The zero-order valence-corrected chi connectivity index (χ0v) is 86.0. The second kappa shape index (κ2) is 44.1. The Morgan fingerprint density at radius 1 is 0.421 bits per heavy atom. The van der Waals surface area contributed by atoms with Gasteiger partial charge in [0, 0.05) is 90.8 Å². The van der Waals surface area contributed by atoms with Crippen LogP contribution in [0.25, 0.3) is 50.8 Å². The van der Waals surface area contributed by atoms with Gasteiger partial charge in [0.25, 0.3) is 0 Å². The molecule has 0 saturated carbocycles. The predicted octanol–water partition coefficient (Wildman–Crippen LogP) is 28.6. The number of fused-ring (bicyclic) bond motifs is 3. The second-order valence-electron chi connectivity index (χ2n) is 36.1. The number of hydrogen-bond acceptors (Lipinski definition) is 13. The summed E-state index contributed by atoms with van der Waals surface area (Å²) in [7, 11) is -5.00. The van der Waals surface area contributed by atoms with E-state index in [1.807, 2.05) is 153 Å². The van der Waals surface area contributed by atoms with Crippen LogP contribution in [-0.4, -0.2) is 72.0 Å². The minimum absolute atomic E-state index is 0. The molecule has 12 aromatic rings. The molecule has 0 spiro atoms. The maximum atomic E-state index is 16.1. The molecule has 776 valence electrons. The highest BCUT2D eigenvalue weighted by atomic mass is 35.9. The first-order valence-corrected chi connectivity index (χ1v) is 53.7. The summed E-state index contributed by atoms with van der Waals surface area (Å²) in [4.78, 5) is 57.5. The molecule has 15 rings (SSSR count). The van der Waals surface area contributed by atoms with Gasteiger partial charge in [-0.1, -0.05) is 122 Å². The summed E-state index contributed by atoms with van der Waals surface area (Å²) in [5.41, 5.74) is 16.1. The molecule has 23 nitrogen and oxygen atoms in total. The third-order valence-electron chi connectivity index (χ3n) is 25.8. The van der Waals surface area contributed by atoms with Crippen LogP contribution in [0.2, 0.25) is 0 Å². The SMILES string of the molecule is C.CCc1cccc(CC)c1-n1nc2c(c1-c1cc(F)c(N)cc1F)CN(Cc1ccc(C(F)(F)F)cc1C)C2(C)C.CCc1cccc(CC)c1-n1nc2c(c1-c1cc(F)c(NC(=O)NP(=O)(Cl)Cl)cc1F)CN(Cc1ccc(C(F)(F)F)cc1C)C2(C)C.CCc1cccc(CC)c1-n1nc2c(c1-c1cc(F)c(NC(=O)NP(=O)(O)O)cc1F)CN(Cc1ccc(C(F)(F)F)cc1C)C2(C)C.O=C=NP(=O)(Cl)Cl. The fourth-order valence-corrected chi connectivity index (χ4v) is 19.5. The topological polar surface area (TPSA) is 293 Å². The standard InChI is InChI=1S/C33H33Cl2F5N5O2P.C33H35F5N5O4P.C32H33F5N4.CCl2NO2P.CH4/c1-6-19-9-8-10-20(7-2)28(19)45-29(23-14-26(37)27(15-25(23)36)41-31(46)43-48(34,35)47)24-17-44(32(4,5)30(24)42-45)16-21-11-12-22(13-18(21)3)33(38,39)40;1-6-19-9-8-10-20(7-2)28(19)43-29(23-14-26(35)27(15-25(23)34)39-31(44)41-48(45,46)47)24-17-42(32(4,5)30(24)40-43)16-21-11-12-22(13-18(21)3)33(36,37)38;1-6-19-9-8-10-20(7-2)28(19)41-29(23-14-26(34)27(38)15-25(23)33)24-17-40(31(4,5)30(24)39-41)16-21-11-12-22(13-18(21)3)32(35,36)37;2-7(3,6)4-1-5;/h8-15H,6-7,16-17H2,1-5H3,(H2,41,43,46,47);8-15H,6-7,16-17H2,1-5H3,(H4,39,41,44,45,46,47);8-15H,6-7,16-17,38H2,1-5H3;;1H4. The van der Waals surface area contributed by atoms with Crippen molar-refractivity contribution in [3.63, 3.8) is 0 Å². The van der Waals surface area contributed by atoms with Crippen molar-refractivity contribution in [1.29, 1.82) is 0 Å². The maximum Gasteiger partial charge on any atom is 0.431 e. The minimum Gasteiger partial charge on any atom is -0.396 e. The molecular weight excluding hydrogens is 2060 g/mol. The predicted molar refractivity (Wildman–Crippen MR) is 533 cm³/mol. The molecule has 0 saturated heterocycles. The lowest BCUT2D eigenvalue weighted by atomic mass is 9.97. The molecule has 3 aliphatic rings. The number of halogens is 19. The molecule has 0 fully saturated rings. The average molecular weight is 2160 g/mol. The molecule has 6 heterocycles. The Hall–Kier alpha value is -11.1. The molecular formula is C100H105Cl4F15N15O8P3. The number of hydrogen-bond donors (Lipinski definition) is 7. The van der Waals surface area contributed by atoms with E-state index in [-0.39, 0.29) is 61.7 Å². The van der Waals surface area contributed by atoms with Crippen molar-refractivity contribution in [3.05, 3.63) is 298 Å². The minimum atomic E-state index is -5.00. The lowest BCUT2D eigenvalue weighted by Crippen LogP contribution is -2.36. The van der Waals surface area contributed by atoms with Crippen LogP contribution in [0.15, 0.2) is 150 Å². The van der Waals surface area contributed by atoms with Crippen LogP contribution in [0, 0.1) is 55.7 Å². The first kappa shape index (κ1) is 114. The Kier molecular flexibility index (Phi) is 34.8. The van der Waals surface area contributed by atoms with Gasteiger partial charge in [0.15, 0.2) is 0 Å². The summed E-state index contributed by atoms with van der Waals surface area (Å²) in [6.45, 7) is 30.2. The molecule has 0 aliphatic carbocycles. The van der Waals surface area contributed by atoms with Crippen LogP contribution < -0.4 is 26.5 Å². The number of rotatable bonds is 23. The summed E-state index contributed by atoms with van der Waals surface area (Å²) >= 11 is 20.2. The van der Waals surface area contributed by atoms with Crippen molar-refractivity contribution in [2.24, 2.45) is 4.76 Å². The fraction of sp³-hybridized carbons (Fsp3) is 0.340. The Bertz CT molecular complexity index is 6850. The van der Waals surface area contributed by atoms with Crippen LogP contribution in [0.1, 0.15) is 208 Å². The first-order valence-electron chi connectivity index (χ1n) is 45.1. The van der Waals surface area contributed by atoms with Gasteiger partial charge in [0.1, 0.15) is 34.9 Å². The molecule has 0 unspecified atom stereocenters. The average Bonchev–Trinajstić information content (AvgIpc) is 1.57. The number of nitrogens with zero attached hydrogens (tertiary/aromatic N) is 10. The molecule has 9 aromatic carbocycles. The van der Waals surface area contributed by atoms with Gasteiger partial charge in [0.05, 0.1) is 102 Å². The summed E-state index contributed by atoms with van der Waals surface area (Å²) in [6, 6.07) is 31.4. The van der Waals surface area contributed by atoms with Gasteiger partial charge in [-0.3, -0.25) is 28.9 Å². The van der Waals surface area contributed by atoms with E-state index in [9.17, 15) is 72.0 Å². The monoisotopic (exact) mass is 2160 g/mol. The third-order valence-corrected chi connectivity index (χ3v) is 28.1. The zero-order chi connectivity index (χ0) is 106. The van der Waals surface area contributed by atoms with Crippen molar-refractivity contribution in [1.82, 2.24) is 54.2 Å². The number of nitrogens with two attached hydrogens (primary N) is 1. The van der Waals surface area contributed by atoms with Gasteiger partial charge >= 0.3 is 50.3 Å². The van der Waals surface area contributed by atoms with Gasteiger partial charge in [0.2, 0.25) is 6.08 Å². The normalized spacial score (nSPS) is 14.4. The van der Waals surface area contributed by atoms with E-state index in [2.05, 4.69) is 15.0 Å². The van der Waals surface area contributed by atoms with E-state index in [0.29, 0.717) is 119 Å². The van der Waals surface area contributed by atoms with E-state index in [1.165, 1.54) is 23.3 Å². The number of isocyanates is 1. The summed E-state index contributed by atoms with van der Waals surface area (Å²) in [6.07, 6.45) is -8.48. The van der Waals surface area contributed by atoms with Gasteiger partial charge < -0.3 is 26.2 Å². The van der Waals surface area contributed by atoms with Crippen LogP contribution in [-0.2, 0) is 131 Å². The van der Waals surface area contributed by atoms with Crippen LogP contribution in [0.5, 0.6) is 0 Å².